The Morgan fingerprint density at radius 2 is 1.90 bits per heavy atom. The van der Waals surface area contributed by atoms with Crippen LogP contribution >= 0.6 is 27.5 Å². The Morgan fingerprint density at radius 3 is 2.62 bits per heavy atom. The largest absolute Gasteiger partial charge is 0.507 e. The van der Waals surface area contributed by atoms with Crippen molar-refractivity contribution in [3.05, 3.63) is 51.7 Å². The van der Waals surface area contributed by atoms with Crippen molar-refractivity contribution in [1.29, 1.82) is 0 Å². The average molecular weight is 370 g/mol. The summed E-state index contributed by atoms with van der Waals surface area (Å²) in [5, 5.41) is 14.1. The van der Waals surface area contributed by atoms with Crippen molar-refractivity contribution in [2.24, 2.45) is 0 Å². The minimum atomic E-state index is -0.371. The molecule has 0 aliphatic heterocycles. The van der Waals surface area contributed by atoms with Gasteiger partial charge in [-0.3, -0.25) is 0 Å². The van der Waals surface area contributed by atoms with Gasteiger partial charge in [0.25, 0.3) is 5.89 Å². The van der Waals surface area contributed by atoms with E-state index in [1.54, 1.807) is 12.1 Å². The Morgan fingerprint density at radius 1 is 1.14 bits per heavy atom. The lowest BCUT2D eigenvalue weighted by molar-refractivity contribution is 0.425. The van der Waals surface area contributed by atoms with Crippen LogP contribution in [0.2, 0.25) is 5.02 Å². The summed E-state index contributed by atoms with van der Waals surface area (Å²) in [6.45, 7) is 0. The van der Waals surface area contributed by atoms with E-state index in [1.807, 2.05) is 0 Å². The fourth-order valence-electron chi connectivity index (χ4n) is 1.80. The zero-order valence-electron chi connectivity index (χ0n) is 10.3. The van der Waals surface area contributed by atoms with Crippen LogP contribution in [0.4, 0.5) is 4.39 Å². The number of aromatic hydroxyl groups is 1. The number of phenols is 1. The van der Waals surface area contributed by atoms with Crippen LogP contribution in [0.3, 0.4) is 0 Å². The number of phenolic OH excluding ortho intramolecular Hbond substituents is 1. The second-order valence-corrected chi connectivity index (χ2v) is 5.50. The highest BCUT2D eigenvalue weighted by Gasteiger charge is 2.16. The molecule has 0 saturated carbocycles. The zero-order chi connectivity index (χ0) is 15.0. The van der Waals surface area contributed by atoms with Gasteiger partial charge in [0.2, 0.25) is 5.82 Å². The van der Waals surface area contributed by atoms with E-state index >= 15 is 0 Å². The molecule has 0 aliphatic carbocycles. The third-order valence-electron chi connectivity index (χ3n) is 2.79. The normalized spacial score (nSPS) is 10.8. The number of benzene rings is 2. The topological polar surface area (TPSA) is 59.2 Å². The molecule has 4 nitrogen and oxygen atoms in total. The molecule has 2 aromatic carbocycles. The highest BCUT2D eigenvalue weighted by molar-refractivity contribution is 9.10. The predicted molar refractivity (Wildman–Crippen MR) is 79.5 cm³/mol. The highest BCUT2D eigenvalue weighted by Crippen LogP contribution is 2.33. The van der Waals surface area contributed by atoms with E-state index in [1.165, 1.54) is 24.3 Å². The lowest BCUT2D eigenvalue weighted by Crippen LogP contribution is -1.85. The fraction of sp³-hybridized carbons (Fsp3) is 0. The van der Waals surface area contributed by atoms with Gasteiger partial charge >= 0.3 is 0 Å². The monoisotopic (exact) mass is 368 g/mol. The van der Waals surface area contributed by atoms with Crippen LogP contribution in [-0.2, 0) is 0 Å². The van der Waals surface area contributed by atoms with Gasteiger partial charge in [-0.15, -0.1) is 0 Å². The van der Waals surface area contributed by atoms with Gasteiger partial charge in [0, 0.05) is 15.1 Å². The van der Waals surface area contributed by atoms with Gasteiger partial charge in [0.15, 0.2) is 0 Å². The van der Waals surface area contributed by atoms with Gasteiger partial charge < -0.3 is 9.63 Å². The molecule has 7 heteroatoms. The summed E-state index contributed by atoms with van der Waals surface area (Å²) in [6, 6.07) is 8.72. The van der Waals surface area contributed by atoms with E-state index in [9.17, 15) is 9.50 Å². The van der Waals surface area contributed by atoms with Crippen LogP contribution in [0.15, 0.2) is 45.4 Å². The maximum absolute atomic E-state index is 13.1. The van der Waals surface area contributed by atoms with E-state index in [-0.39, 0.29) is 23.3 Å². The van der Waals surface area contributed by atoms with Crippen molar-refractivity contribution in [2.75, 3.05) is 0 Å². The molecular weight excluding hydrogens is 363 g/mol. The summed E-state index contributed by atoms with van der Waals surface area (Å²) in [5.41, 5.74) is 0.955. The van der Waals surface area contributed by atoms with Crippen LogP contribution in [0.5, 0.6) is 5.75 Å². The van der Waals surface area contributed by atoms with E-state index in [0.29, 0.717) is 20.6 Å². The number of hydrogen-bond donors (Lipinski definition) is 1. The Balaban J connectivity index is 2.03. The Labute approximate surface area is 132 Å². The van der Waals surface area contributed by atoms with Crippen LogP contribution in [0, 0.1) is 5.82 Å². The van der Waals surface area contributed by atoms with Crippen molar-refractivity contribution in [1.82, 2.24) is 10.1 Å². The second kappa shape index (κ2) is 5.46. The molecule has 1 aromatic heterocycles. The first-order valence-corrected chi connectivity index (χ1v) is 7.00. The third-order valence-corrected chi connectivity index (χ3v) is 3.68. The van der Waals surface area contributed by atoms with Crippen molar-refractivity contribution in [3.8, 4) is 28.6 Å². The molecule has 0 aliphatic rings. The van der Waals surface area contributed by atoms with E-state index < -0.39 is 0 Å². The SMILES string of the molecule is Oc1cc(Cl)ccc1-c1nc(-c2ccc(F)cc2Br)no1. The molecule has 106 valence electrons. The van der Waals surface area contributed by atoms with Gasteiger partial charge in [-0.2, -0.15) is 4.98 Å². The molecule has 21 heavy (non-hydrogen) atoms. The molecule has 0 radical (unpaired) electrons. The summed E-state index contributed by atoms with van der Waals surface area (Å²) < 4.78 is 18.7. The summed E-state index contributed by atoms with van der Waals surface area (Å²) in [7, 11) is 0. The smallest absolute Gasteiger partial charge is 0.262 e. The second-order valence-electron chi connectivity index (χ2n) is 4.21. The molecule has 0 atom stereocenters. The van der Waals surface area contributed by atoms with Gasteiger partial charge in [-0.05, 0) is 52.3 Å². The minimum Gasteiger partial charge on any atom is -0.507 e. The number of rotatable bonds is 2. The molecule has 3 aromatic rings. The van der Waals surface area contributed by atoms with Gasteiger partial charge in [0.1, 0.15) is 11.6 Å². The Kier molecular flexibility index (Phi) is 3.65. The molecular formula is C14H7BrClFN2O2. The summed E-state index contributed by atoms with van der Waals surface area (Å²) in [6.07, 6.45) is 0. The standard InChI is InChI=1S/C14H7BrClFN2O2/c15-11-6-8(17)2-4-9(11)13-18-14(21-19-13)10-3-1-7(16)5-12(10)20/h1-6,20H. The van der Waals surface area contributed by atoms with Gasteiger partial charge in [-0.25, -0.2) is 4.39 Å². The van der Waals surface area contributed by atoms with Crippen LogP contribution in [0.1, 0.15) is 0 Å². The first-order chi connectivity index (χ1) is 10.0. The van der Waals surface area contributed by atoms with Crippen LogP contribution < -0.4 is 0 Å². The van der Waals surface area contributed by atoms with E-state index in [4.69, 9.17) is 16.1 Å². The van der Waals surface area contributed by atoms with Crippen molar-refractivity contribution in [3.63, 3.8) is 0 Å². The van der Waals surface area contributed by atoms with Gasteiger partial charge in [0.05, 0.1) is 5.56 Å². The van der Waals surface area contributed by atoms with Crippen molar-refractivity contribution < 1.29 is 14.0 Å². The quantitative estimate of drug-likeness (QED) is 0.713. The first kappa shape index (κ1) is 14.0. The Hall–Kier alpha value is -1.92. The number of halogens is 3. The molecule has 0 amide bonds. The van der Waals surface area contributed by atoms with E-state index in [2.05, 4.69) is 26.1 Å². The van der Waals surface area contributed by atoms with Crippen LogP contribution in [0.25, 0.3) is 22.8 Å². The lowest BCUT2D eigenvalue weighted by atomic mass is 10.2. The maximum atomic E-state index is 13.1. The Bertz CT molecular complexity index is 756. The molecule has 1 heterocycles. The van der Waals surface area contributed by atoms with E-state index in [0.717, 1.165) is 0 Å². The third kappa shape index (κ3) is 2.77. The maximum Gasteiger partial charge on any atom is 0.262 e. The number of hydrogen-bond acceptors (Lipinski definition) is 4. The molecule has 0 bridgehead atoms. The summed E-state index contributed by atoms with van der Waals surface area (Å²) in [4.78, 5) is 4.20. The molecule has 1 N–H and O–H groups in total. The molecule has 0 spiro atoms. The lowest BCUT2D eigenvalue weighted by Gasteiger charge is -1.99. The fourth-order valence-corrected chi connectivity index (χ4v) is 2.49. The van der Waals surface area contributed by atoms with Crippen LogP contribution in [-0.4, -0.2) is 15.2 Å². The minimum absolute atomic E-state index is 0.0594. The first-order valence-electron chi connectivity index (χ1n) is 5.82. The summed E-state index contributed by atoms with van der Waals surface area (Å²) in [5.74, 6) is 0.00202. The molecule has 0 saturated heterocycles. The average Bonchev–Trinajstić information content (AvgIpc) is 2.87. The molecule has 0 fully saturated rings. The van der Waals surface area contributed by atoms with Crippen molar-refractivity contribution >= 4 is 27.5 Å². The zero-order valence-corrected chi connectivity index (χ0v) is 12.7. The number of aromatic nitrogens is 2. The van der Waals surface area contributed by atoms with Gasteiger partial charge in [-0.1, -0.05) is 16.8 Å². The van der Waals surface area contributed by atoms with Crippen molar-refractivity contribution in [2.45, 2.75) is 0 Å². The molecule has 0 unspecified atom stereocenters. The molecule has 3 rings (SSSR count). The predicted octanol–water partition coefficient (Wildman–Crippen LogP) is 4.66. The summed E-state index contributed by atoms with van der Waals surface area (Å²) >= 11 is 9.02. The highest BCUT2D eigenvalue weighted by atomic mass is 79.9. The number of nitrogens with zero attached hydrogens (tertiary/aromatic N) is 2.